The molecule has 0 saturated carbocycles. The largest absolute Gasteiger partial charge is 0.489 e. The second kappa shape index (κ2) is 9.02. The zero-order valence-corrected chi connectivity index (χ0v) is 16.1. The smallest absolute Gasteiger partial charge is 0.347 e. The third kappa shape index (κ3) is 5.58. The van der Waals surface area contributed by atoms with Crippen molar-refractivity contribution in [3.63, 3.8) is 0 Å². The number of ether oxygens (including phenoxy) is 1. The summed E-state index contributed by atoms with van der Waals surface area (Å²) in [6.07, 6.45) is 1.08. The third-order valence-electron chi connectivity index (χ3n) is 4.09. The lowest BCUT2D eigenvalue weighted by molar-refractivity contribution is 0.217. The third-order valence-corrected chi connectivity index (χ3v) is 4.38. The quantitative estimate of drug-likeness (QED) is 0.729. The van der Waals surface area contributed by atoms with Crippen molar-refractivity contribution in [2.45, 2.75) is 53.3 Å². The average molecular weight is 364 g/mol. The fourth-order valence-corrected chi connectivity index (χ4v) is 2.77. The van der Waals surface area contributed by atoms with Crippen LogP contribution in [0.1, 0.15) is 37.2 Å². The van der Waals surface area contributed by atoms with Crippen molar-refractivity contribution in [3.05, 3.63) is 56.7 Å². The Morgan fingerprint density at radius 3 is 2.72 bits per heavy atom. The first-order valence-corrected chi connectivity index (χ1v) is 8.99. The monoisotopic (exact) mass is 363 g/mol. The maximum absolute atomic E-state index is 11.9. The maximum Gasteiger partial charge on any atom is 0.347 e. The van der Waals surface area contributed by atoms with E-state index in [1.807, 2.05) is 45.0 Å². The van der Waals surface area contributed by atoms with Crippen LogP contribution in [-0.2, 0) is 13.1 Å². The highest BCUT2D eigenvalue weighted by atomic mass is 35.5. The highest BCUT2D eigenvalue weighted by Gasteiger charge is 2.07. The van der Waals surface area contributed by atoms with Crippen LogP contribution < -0.4 is 15.7 Å². The second-order valence-corrected chi connectivity index (χ2v) is 6.66. The molecule has 1 heterocycles. The number of nitrogens with one attached hydrogen (secondary N) is 1. The molecular formula is C19H26ClN3O2. The Balaban J connectivity index is 1.88. The molecule has 6 heteroatoms. The number of aryl methyl sites for hydroxylation is 2. The fourth-order valence-electron chi connectivity index (χ4n) is 2.52. The van der Waals surface area contributed by atoms with E-state index < -0.39 is 0 Å². The highest BCUT2D eigenvalue weighted by molar-refractivity contribution is 6.32. The van der Waals surface area contributed by atoms with Crippen molar-refractivity contribution >= 4 is 11.6 Å². The minimum Gasteiger partial charge on any atom is -0.489 e. The molecule has 1 aromatic heterocycles. The lowest BCUT2D eigenvalue weighted by Crippen LogP contribution is -2.30. The van der Waals surface area contributed by atoms with E-state index in [1.54, 1.807) is 4.57 Å². The Kier molecular flexibility index (Phi) is 7.02. The molecule has 0 fully saturated rings. The summed E-state index contributed by atoms with van der Waals surface area (Å²) in [5.74, 6) is 0.715. The molecule has 136 valence electrons. The van der Waals surface area contributed by atoms with Crippen LogP contribution in [0.25, 0.3) is 0 Å². The summed E-state index contributed by atoms with van der Waals surface area (Å²) in [5.41, 5.74) is 2.55. The van der Waals surface area contributed by atoms with Crippen LogP contribution in [0.3, 0.4) is 0 Å². The van der Waals surface area contributed by atoms with Gasteiger partial charge in [-0.15, -0.1) is 0 Å². The molecule has 1 aromatic carbocycles. The first-order chi connectivity index (χ1) is 11.9. The van der Waals surface area contributed by atoms with E-state index in [1.165, 1.54) is 0 Å². The van der Waals surface area contributed by atoms with Crippen LogP contribution in [0.5, 0.6) is 5.75 Å². The molecule has 0 saturated heterocycles. The van der Waals surface area contributed by atoms with Crippen molar-refractivity contribution in [3.8, 4) is 5.75 Å². The lowest BCUT2D eigenvalue weighted by Gasteiger charge is -2.15. The summed E-state index contributed by atoms with van der Waals surface area (Å²) >= 11 is 6.29. The second-order valence-electron chi connectivity index (χ2n) is 6.25. The number of benzene rings is 1. The molecule has 2 aromatic rings. The van der Waals surface area contributed by atoms with Gasteiger partial charge in [0.1, 0.15) is 5.75 Å². The zero-order chi connectivity index (χ0) is 18.4. The van der Waals surface area contributed by atoms with Gasteiger partial charge >= 0.3 is 5.69 Å². The zero-order valence-electron chi connectivity index (χ0n) is 15.3. The van der Waals surface area contributed by atoms with Crippen LogP contribution in [-0.4, -0.2) is 22.2 Å². The average Bonchev–Trinajstić information content (AvgIpc) is 2.55. The van der Waals surface area contributed by atoms with E-state index in [-0.39, 0.29) is 11.8 Å². The summed E-state index contributed by atoms with van der Waals surface area (Å²) in [6.45, 7) is 9.79. The molecule has 0 amide bonds. The van der Waals surface area contributed by atoms with Crippen LogP contribution in [0.4, 0.5) is 0 Å². The molecule has 0 radical (unpaired) electrons. The molecule has 1 N–H and O–H groups in total. The minimum absolute atomic E-state index is 0.145. The van der Waals surface area contributed by atoms with Gasteiger partial charge in [0.2, 0.25) is 0 Å². The number of aromatic nitrogens is 2. The summed E-state index contributed by atoms with van der Waals surface area (Å²) in [5, 5.41) is 3.95. The number of rotatable bonds is 8. The highest BCUT2D eigenvalue weighted by Crippen LogP contribution is 2.26. The molecule has 1 atom stereocenters. The normalized spacial score (nSPS) is 12.2. The Labute approximate surface area is 154 Å². The van der Waals surface area contributed by atoms with Gasteiger partial charge in [-0.1, -0.05) is 24.6 Å². The van der Waals surface area contributed by atoms with E-state index in [9.17, 15) is 4.79 Å². The summed E-state index contributed by atoms with van der Waals surface area (Å²) in [7, 11) is 0. The van der Waals surface area contributed by atoms with Crippen molar-refractivity contribution in [1.82, 2.24) is 14.9 Å². The molecule has 5 nitrogen and oxygen atoms in total. The van der Waals surface area contributed by atoms with Crippen molar-refractivity contribution < 1.29 is 4.74 Å². The van der Waals surface area contributed by atoms with Gasteiger partial charge < -0.3 is 10.1 Å². The maximum atomic E-state index is 11.9. The molecule has 0 aliphatic rings. The van der Waals surface area contributed by atoms with Gasteiger partial charge in [-0.05, 0) is 51.0 Å². The topological polar surface area (TPSA) is 56.1 Å². The molecule has 0 aliphatic carbocycles. The number of halogens is 1. The van der Waals surface area contributed by atoms with Crippen molar-refractivity contribution in [2.75, 3.05) is 6.54 Å². The van der Waals surface area contributed by atoms with Crippen molar-refractivity contribution in [2.24, 2.45) is 0 Å². The molecule has 2 rings (SSSR count). The van der Waals surface area contributed by atoms with E-state index in [0.29, 0.717) is 30.4 Å². The van der Waals surface area contributed by atoms with Gasteiger partial charge in [0.15, 0.2) is 0 Å². The molecule has 0 bridgehead atoms. The van der Waals surface area contributed by atoms with Crippen molar-refractivity contribution in [1.29, 1.82) is 0 Å². The number of nitrogens with zero attached hydrogens (tertiary/aromatic N) is 2. The number of hydrogen-bond acceptors (Lipinski definition) is 4. The van der Waals surface area contributed by atoms with Crippen LogP contribution >= 0.6 is 11.6 Å². The van der Waals surface area contributed by atoms with Crippen LogP contribution in [0.2, 0.25) is 5.02 Å². The summed E-state index contributed by atoms with van der Waals surface area (Å²) < 4.78 is 7.45. The standard InChI is InChI=1S/C19H26ClN3O2/c1-5-15(4)25-18-7-6-16(11-17(18)20)12-21-8-9-23-14(3)10-13(2)22-19(23)24/h6-7,10-11,15,21H,5,8-9,12H2,1-4H3. The van der Waals surface area contributed by atoms with E-state index in [0.717, 1.165) is 23.4 Å². The fraction of sp³-hybridized carbons (Fsp3) is 0.474. The molecular weight excluding hydrogens is 338 g/mol. The Morgan fingerprint density at radius 2 is 2.08 bits per heavy atom. The van der Waals surface area contributed by atoms with E-state index >= 15 is 0 Å². The summed E-state index contributed by atoms with van der Waals surface area (Å²) in [6, 6.07) is 7.74. The predicted molar refractivity (Wildman–Crippen MR) is 102 cm³/mol. The minimum atomic E-state index is -0.200. The van der Waals surface area contributed by atoms with Gasteiger partial charge in [-0.2, -0.15) is 4.98 Å². The van der Waals surface area contributed by atoms with Gasteiger partial charge in [0.05, 0.1) is 11.1 Å². The predicted octanol–water partition coefficient (Wildman–Crippen LogP) is 3.48. The van der Waals surface area contributed by atoms with Crippen LogP contribution in [0, 0.1) is 13.8 Å². The molecule has 1 unspecified atom stereocenters. The molecule has 0 spiro atoms. The van der Waals surface area contributed by atoms with Gasteiger partial charge in [-0.25, -0.2) is 4.79 Å². The number of hydrogen-bond donors (Lipinski definition) is 1. The van der Waals surface area contributed by atoms with Gasteiger partial charge in [0, 0.05) is 31.0 Å². The van der Waals surface area contributed by atoms with E-state index in [2.05, 4.69) is 17.2 Å². The lowest BCUT2D eigenvalue weighted by atomic mass is 10.2. The van der Waals surface area contributed by atoms with Crippen LogP contribution in [0.15, 0.2) is 29.1 Å². The molecule has 25 heavy (non-hydrogen) atoms. The van der Waals surface area contributed by atoms with E-state index in [4.69, 9.17) is 16.3 Å². The Bertz CT molecular complexity index is 774. The SMILES string of the molecule is CCC(C)Oc1ccc(CNCCn2c(C)cc(C)nc2=O)cc1Cl. The van der Waals surface area contributed by atoms with Gasteiger partial charge in [-0.3, -0.25) is 4.57 Å². The summed E-state index contributed by atoms with van der Waals surface area (Å²) in [4.78, 5) is 15.9. The first kappa shape index (κ1) is 19.5. The Morgan fingerprint density at radius 1 is 1.32 bits per heavy atom. The molecule has 0 aliphatic heterocycles. The first-order valence-electron chi connectivity index (χ1n) is 8.61. The van der Waals surface area contributed by atoms with Gasteiger partial charge in [0.25, 0.3) is 0 Å². The Hall–Kier alpha value is -1.85.